The van der Waals surface area contributed by atoms with Crippen LogP contribution in [0, 0.1) is 11.3 Å². The minimum Gasteiger partial charge on any atom is -0.465 e. The van der Waals surface area contributed by atoms with Crippen molar-refractivity contribution in [1.29, 1.82) is 0 Å². The molecule has 5 nitrogen and oxygen atoms in total. The van der Waals surface area contributed by atoms with E-state index in [4.69, 9.17) is 15.2 Å². The molecule has 0 aromatic rings. The van der Waals surface area contributed by atoms with Crippen LogP contribution < -0.4 is 5.73 Å². The number of ether oxygens (including phenoxy) is 2. The fourth-order valence-corrected chi connectivity index (χ4v) is 3.38. The van der Waals surface area contributed by atoms with Crippen molar-refractivity contribution in [3.05, 3.63) is 0 Å². The first kappa shape index (κ1) is 18.9. The van der Waals surface area contributed by atoms with Gasteiger partial charge in [0.1, 0.15) is 0 Å². The zero-order chi connectivity index (χ0) is 16.4. The Bertz CT molecular complexity index is 333. The average Bonchev–Trinajstić information content (AvgIpc) is 2.52. The van der Waals surface area contributed by atoms with Crippen molar-refractivity contribution in [2.45, 2.75) is 65.2 Å². The Kier molecular flexibility index (Phi) is 8.46. The molecule has 0 spiro atoms. The van der Waals surface area contributed by atoms with Gasteiger partial charge in [-0.05, 0) is 45.6 Å². The molecule has 0 atom stereocenters. The Morgan fingerprint density at radius 1 is 1.05 bits per heavy atom. The third kappa shape index (κ3) is 4.97. The van der Waals surface area contributed by atoms with E-state index < -0.39 is 17.4 Å². The van der Waals surface area contributed by atoms with Crippen molar-refractivity contribution >= 4 is 11.9 Å². The molecule has 0 saturated heterocycles. The van der Waals surface area contributed by atoms with E-state index in [0.717, 1.165) is 12.8 Å². The monoisotopic (exact) mass is 313 g/mol. The van der Waals surface area contributed by atoms with Gasteiger partial charge in [-0.1, -0.05) is 32.1 Å². The van der Waals surface area contributed by atoms with Crippen molar-refractivity contribution in [3.63, 3.8) is 0 Å². The normalized spacial score (nSPS) is 16.3. The van der Waals surface area contributed by atoms with Crippen molar-refractivity contribution in [3.8, 4) is 0 Å². The number of nitrogens with two attached hydrogens (primary N) is 1. The smallest absolute Gasteiger partial charge is 0.323 e. The summed E-state index contributed by atoms with van der Waals surface area (Å²) in [7, 11) is 0. The van der Waals surface area contributed by atoms with Crippen LogP contribution in [0.3, 0.4) is 0 Å². The van der Waals surface area contributed by atoms with Gasteiger partial charge in [-0.2, -0.15) is 0 Å². The molecule has 0 aromatic carbocycles. The zero-order valence-electron chi connectivity index (χ0n) is 14.1. The standard InChI is InChI=1S/C17H31NO4/c1-3-21-15(19)17(11-8-12-18,16(20)22-4-2)13-14-9-6-5-7-10-14/h14H,3-13,18H2,1-2H3. The van der Waals surface area contributed by atoms with Crippen LogP contribution in [0.1, 0.15) is 65.2 Å². The lowest BCUT2D eigenvalue weighted by atomic mass is 9.72. The maximum atomic E-state index is 12.6. The van der Waals surface area contributed by atoms with Crippen LogP contribution in [0.4, 0.5) is 0 Å². The first-order chi connectivity index (χ1) is 10.6. The molecule has 1 saturated carbocycles. The summed E-state index contributed by atoms with van der Waals surface area (Å²) in [5, 5.41) is 0. The first-order valence-electron chi connectivity index (χ1n) is 8.65. The summed E-state index contributed by atoms with van der Waals surface area (Å²) in [4.78, 5) is 25.2. The Morgan fingerprint density at radius 3 is 2.05 bits per heavy atom. The average molecular weight is 313 g/mol. The van der Waals surface area contributed by atoms with Crippen molar-refractivity contribution in [2.75, 3.05) is 19.8 Å². The molecule has 0 amide bonds. The first-order valence-corrected chi connectivity index (χ1v) is 8.65. The van der Waals surface area contributed by atoms with Crippen LogP contribution in [0.2, 0.25) is 0 Å². The Morgan fingerprint density at radius 2 is 1.59 bits per heavy atom. The van der Waals surface area contributed by atoms with E-state index in [1.807, 2.05) is 0 Å². The molecule has 1 aliphatic rings. The van der Waals surface area contributed by atoms with Crippen LogP contribution in [-0.2, 0) is 19.1 Å². The molecule has 22 heavy (non-hydrogen) atoms. The van der Waals surface area contributed by atoms with E-state index >= 15 is 0 Å². The summed E-state index contributed by atoms with van der Waals surface area (Å²) in [6, 6.07) is 0. The fraction of sp³-hybridized carbons (Fsp3) is 0.882. The van der Waals surface area contributed by atoms with E-state index in [1.54, 1.807) is 13.8 Å². The molecule has 128 valence electrons. The van der Waals surface area contributed by atoms with Gasteiger partial charge in [-0.3, -0.25) is 9.59 Å². The lowest BCUT2D eigenvalue weighted by molar-refractivity contribution is -0.174. The molecule has 1 fully saturated rings. The van der Waals surface area contributed by atoms with Gasteiger partial charge in [0.25, 0.3) is 0 Å². The molecule has 1 rings (SSSR count). The molecule has 5 heteroatoms. The summed E-state index contributed by atoms with van der Waals surface area (Å²) >= 11 is 0. The summed E-state index contributed by atoms with van der Waals surface area (Å²) in [6.07, 6.45) is 7.29. The maximum absolute atomic E-state index is 12.6. The number of hydrogen-bond donors (Lipinski definition) is 1. The van der Waals surface area contributed by atoms with Crippen LogP contribution in [-0.4, -0.2) is 31.7 Å². The summed E-state index contributed by atoms with van der Waals surface area (Å²) in [5.41, 5.74) is 4.44. The molecule has 0 bridgehead atoms. The third-order valence-corrected chi connectivity index (χ3v) is 4.50. The minimum atomic E-state index is -1.17. The Balaban J connectivity index is 2.99. The molecule has 0 unspecified atom stereocenters. The molecule has 1 aliphatic carbocycles. The van der Waals surface area contributed by atoms with Crippen molar-refractivity contribution < 1.29 is 19.1 Å². The Labute approximate surface area is 133 Å². The molecule has 0 aromatic heterocycles. The van der Waals surface area contributed by atoms with Crippen molar-refractivity contribution in [2.24, 2.45) is 17.1 Å². The quantitative estimate of drug-likeness (QED) is 0.523. The van der Waals surface area contributed by atoms with E-state index in [1.165, 1.54) is 19.3 Å². The van der Waals surface area contributed by atoms with Gasteiger partial charge in [0.2, 0.25) is 0 Å². The number of carbonyl (C=O) groups excluding carboxylic acids is 2. The predicted molar refractivity (Wildman–Crippen MR) is 85.2 cm³/mol. The van der Waals surface area contributed by atoms with Crippen LogP contribution >= 0.6 is 0 Å². The van der Waals surface area contributed by atoms with Gasteiger partial charge in [0, 0.05) is 0 Å². The van der Waals surface area contributed by atoms with Crippen LogP contribution in [0.15, 0.2) is 0 Å². The molecular weight excluding hydrogens is 282 g/mol. The topological polar surface area (TPSA) is 78.6 Å². The van der Waals surface area contributed by atoms with Gasteiger partial charge in [-0.25, -0.2) is 0 Å². The predicted octanol–water partition coefficient (Wildman–Crippen LogP) is 2.81. The fourth-order valence-electron chi connectivity index (χ4n) is 3.38. The minimum absolute atomic E-state index is 0.271. The van der Waals surface area contributed by atoms with Gasteiger partial charge < -0.3 is 15.2 Å². The van der Waals surface area contributed by atoms with Crippen LogP contribution in [0.25, 0.3) is 0 Å². The number of rotatable bonds is 9. The molecule has 0 heterocycles. The largest absolute Gasteiger partial charge is 0.465 e. The molecular formula is C17H31NO4. The SMILES string of the molecule is CCOC(=O)C(CCCN)(CC1CCCCC1)C(=O)OCC. The molecule has 2 N–H and O–H groups in total. The van der Waals surface area contributed by atoms with E-state index in [2.05, 4.69) is 0 Å². The van der Waals surface area contributed by atoms with Gasteiger partial charge in [0.15, 0.2) is 5.41 Å². The lowest BCUT2D eigenvalue weighted by Crippen LogP contribution is -2.44. The molecule has 0 aliphatic heterocycles. The zero-order valence-corrected chi connectivity index (χ0v) is 14.1. The van der Waals surface area contributed by atoms with E-state index in [9.17, 15) is 9.59 Å². The second kappa shape index (κ2) is 9.82. The molecule has 0 radical (unpaired) electrons. The second-order valence-corrected chi connectivity index (χ2v) is 6.12. The van der Waals surface area contributed by atoms with Crippen LogP contribution in [0.5, 0.6) is 0 Å². The van der Waals surface area contributed by atoms with Crippen molar-refractivity contribution in [1.82, 2.24) is 0 Å². The summed E-state index contributed by atoms with van der Waals surface area (Å²) in [5.74, 6) is -0.486. The van der Waals surface area contributed by atoms with Gasteiger partial charge in [0.05, 0.1) is 13.2 Å². The third-order valence-electron chi connectivity index (χ3n) is 4.50. The number of carbonyl (C=O) groups is 2. The Hall–Kier alpha value is -1.10. The highest BCUT2D eigenvalue weighted by molar-refractivity contribution is 6.00. The van der Waals surface area contributed by atoms with Gasteiger partial charge >= 0.3 is 11.9 Å². The summed E-state index contributed by atoms with van der Waals surface area (Å²) in [6.45, 7) is 4.51. The number of esters is 2. The highest BCUT2D eigenvalue weighted by Crippen LogP contribution is 2.40. The lowest BCUT2D eigenvalue weighted by Gasteiger charge is -2.34. The number of hydrogen-bond acceptors (Lipinski definition) is 5. The van der Waals surface area contributed by atoms with E-state index in [-0.39, 0.29) is 13.2 Å². The van der Waals surface area contributed by atoms with Gasteiger partial charge in [-0.15, -0.1) is 0 Å². The highest BCUT2D eigenvalue weighted by Gasteiger charge is 2.49. The maximum Gasteiger partial charge on any atom is 0.323 e. The second-order valence-electron chi connectivity index (χ2n) is 6.12. The van der Waals surface area contributed by atoms with E-state index in [0.29, 0.717) is 31.7 Å². The summed E-state index contributed by atoms with van der Waals surface area (Å²) < 4.78 is 10.5. The highest BCUT2D eigenvalue weighted by atomic mass is 16.6.